The lowest BCUT2D eigenvalue weighted by Crippen LogP contribution is -2.42. The Balaban J connectivity index is 1.47. The van der Waals surface area contributed by atoms with E-state index in [2.05, 4.69) is 17.6 Å². The minimum absolute atomic E-state index is 0.189. The number of anilines is 1. The van der Waals surface area contributed by atoms with Crippen molar-refractivity contribution in [2.75, 3.05) is 18.9 Å². The largest absolute Gasteiger partial charge is 0.325 e. The number of nitrogens with zero attached hydrogens (tertiary/aromatic N) is 2. The van der Waals surface area contributed by atoms with Gasteiger partial charge in [-0.15, -0.1) is 0 Å². The molecule has 0 aromatic heterocycles. The van der Waals surface area contributed by atoms with Crippen LogP contribution in [0.25, 0.3) is 0 Å². The fourth-order valence-corrected chi connectivity index (χ4v) is 4.11. The van der Waals surface area contributed by atoms with Crippen molar-refractivity contribution in [1.29, 1.82) is 0 Å². The number of carbonyl (C=O) groups is 5. The normalized spacial score (nSPS) is 19.7. The number of amides is 6. The molecule has 0 aliphatic carbocycles. The maximum absolute atomic E-state index is 13.1. The van der Waals surface area contributed by atoms with E-state index in [1.165, 1.54) is 25.2 Å². The Labute approximate surface area is 190 Å². The van der Waals surface area contributed by atoms with Crippen LogP contribution >= 0.6 is 0 Å². The van der Waals surface area contributed by atoms with Gasteiger partial charge in [0.2, 0.25) is 5.91 Å². The number of aryl methyl sites for hydroxylation is 1. The summed E-state index contributed by atoms with van der Waals surface area (Å²) >= 11 is 0. The highest BCUT2D eigenvalue weighted by Crippen LogP contribution is 2.29. The molecule has 33 heavy (non-hydrogen) atoms. The zero-order valence-corrected chi connectivity index (χ0v) is 18.6. The van der Waals surface area contributed by atoms with E-state index in [0.29, 0.717) is 5.56 Å². The zero-order chi connectivity index (χ0) is 23.9. The smallest absolute Gasteiger partial charge is 0.325 e. The number of urea groups is 1. The molecule has 1 fully saturated rings. The van der Waals surface area contributed by atoms with Gasteiger partial charge in [0.15, 0.2) is 0 Å². The molecule has 6 amide bonds. The van der Waals surface area contributed by atoms with Crippen LogP contribution in [0.3, 0.4) is 0 Å². The minimum atomic E-state index is -1.27. The van der Waals surface area contributed by atoms with Gasteiger partial charge in [-0.25, -0.2) is 4.79 Å². The van der Waals surface area contributed by atoms with E-state index in [-0.39, 0.29) is 16.8 Å². The van der Waals surface area contributed by atoms with Crippen LogP contribution in [0.2, 0.25) is 0 Å². The molecule has 170 valence electrons. The first-order valence-electron chi connectivity index (χ1n) is 10.7. The predicted octanol–water partition coefficient (Wildman–Crippen LogP) is 2.27. The minimum Gasteiger partial charge on any atom is -0.325 e. The van der Waals surface area contributed by atoms with Crippen LogP contribution in [0, 0.1) is 0 Å². The van der Waals surface area contributed by atoms with Crippen LogP contribution in [-0.2, 0) is 21.5 Å². The van der Waals surface area contributed by atoms with Crippen LogP contribution in [0.1, 0.15) is 52.1 Å². The van der Waals surface area contributed by atoms with Gasteiger partial charge in [-0.2, -0.15) is 0 Å². The number of hydrogen-bond donors (Lipinski definition) is 2. The second-order valence-electron chi connectivity index (χ2n) is 8.37. The summed E-state index contributed by atoms with van der Waals surface area (Å²) in [5, 5.41) is 5.27. The van der Waals surface area contributed by atoms with E-state index in [0.717, 1.165) is 28.2 Å². The molecule has 4 rings (SSSR count). The van der Waals surface area contributed by atoms with Gasteiger partial charge >= 0.3 is 6.03 Å². The molecular formula is C24H24N4O5. The van der Waals surface area contributed by atoms with Gasteiger partial charge in [-0.3, -0.25) is 29.0 Å². The molecule has 1 saturated heterocycles. The zero-order valence-electron chi connectivity index (χ0n) is 18.6. The second kappa shape index (κ2) is 8.16. The molecule has 2 N–H and O–H groups in total. The summed E-state index contributed by atoms with van der Waals surface area (Å²) in [4.78, 5) is 64.2. The molecule has 9 heteroatoms. The molecule has 0 bridgehead atoms. The van der Waals surface area contributed by atoms with E-state index in [1.54, 1.807) is 6.92 Å². The van der Waals surface area contributed by atoms with Crippen LogP contribution in [-0.4, -0.2) is 53.1 Å². The first-order chi connectivity index (χ1) is 15.7. The third-order valence-electron chi connectivity index (χ3n) is 6.02. The average molecular weight is 448 g/mol. The second-order valence-corrected chi connectivity index (χ2v) is 8.37. The standard InChI is InChI=1S/C24H24N4O5/c1-4-5-14-6-8-15(9-7-14)24(2)22(32)28(23(33)26-24)13-19(29)25-16-10-11-17-18(12-16)21(31)27(3)20(17)30/h6-12H,4-5,13H2,1-3H3,(H,25,29)(H,26,33). The third kappa shape index (κ3) is 3.75. The van der Waals surface area contributed by atoms with Crippen molar-refractivity contribution in [3.8, 4) is 0 Å². The average Bonchev–Trinajstić information content (AvgIpc) is 3.14. The van der Waals surface area contributed by atoms with E-state index < -0.39 is 41.7 Å². The Morgan fingerprint density at radius 1 is 1.00 bits per heavy atom. The monoisotopic (exact) mass is 448 g/mol. The molecule has 0 radical (unpaired) electrons. The SMILES string of the molecule is CCCc1ccc(C2(C)NC(=O)N(CC(=O)Nc3ccc4c(c3)C(=O)N(C)C4=O)C2=O)cc1. The molecular weight excluding hydrogens is 424 g/mol. The van der Waals surface area contributed by atoms with Crippen molar-refractivity contribution >= 4 is 35.3 Å². The number of imide groups is 2. The lowest BCUT2D eigenvalue weighted by molar-refractivity contribution is -0.133. The Hall–Kier alpha value is -4.01. The quantitative estimate of drug-likeness (QED) is 0.520. The van der Waals surface area contributed by atoms with Crippen molar-refractivity contribution in [2.24, 2.45) is 0 Å². The van der Waals surface area contributed by atoms with Gasteiger partial charge in [-0.05, 0) is 42.7 Å². The lowest BCUT2D eigenvalue weighted by Gasteiger charge is -2.22. The number of carbonyl (C=O) groups excluding carboxylic acids is 5. The molecule has 2 aliphatic heterocycles. The Morgan fingerprint density at radius 2 is 1.67 bits per heavy atom. The molecule has 0 spiro atoms. The van der Waals surface area contributed by atoms with Crippen molar-refractivity contribution in [3.05, 3.63) is 64.7 Å². The number of benzene rings is 2. The first kappa shape index (κ1) is 22.2. The maximum atomic E-state index is 13.1. The van der Waals surface area contributed by atoms with E-state index >= 15 is 0 Å². The molecule has 1 atom stereocenters. The van der Waals surface area contributed by atoms with Crippen molar-refractivity contribution < 1.29 is 24.0 Å². The van der Waals surface area contributed by atoms with Crippen LogP contribution in [0.4, 0.5) is 10.5 Å². The molecule has 9 nitrogen and oxygen atoms in total. The summed E-state index contributed by atoms with van der Waals surface area (Å²) in [6.45, 7) is 3.20. The Kier molecular flexibility index (Phi) is 5.49. The lowest BCUT2D eigenvalue weighted by atomic mass is 9.91. The van der Waals surface area contributed by atoms with Gasteiger partial charge in [-0.1, -0.05) is 37.6 Å². The third-order valence-corrected chi connectivity index (χ3v) is 6.02. The van der Waals surface area contributed by atoms with Gasteiger partial charge in [0.25, 0.3) is 17.7 Å². The fourth-order valence-electron chi connectivity index (χ4n) is 4.11. The number of nitrogens with one attached hydrogen (secondary N) is 2. The summed E-state index contributed by atoms with van der Waals surface area (Å²) in [5.74, 6) is -2.00. The number of fused-ring (bicyclic) bond motifs is 1. The van der Waals surface area contributed by atoms with Crippen LogP contribution in [0.5, 0.6) is 0 Å². The van der Waals surface area contributed by atoms with Crippen LogP contribution in [0.15, 0.2) is 42.5 Å². The van der Waals surface area contributed by atoms with E-state index in [9.17, 15) is 24.0 Å². The van der Waals surface area contributed by atoms with Crippen molar-refractivity contribution in [2.45, 2.75) is 32.2 Å². The van der Waals surface area contributed by atoms with Gasteiger partial charge in [0, 0.05) is 12.7 Å². The topological polar surface area (TPSA) is 116 Å². The molecule has 2 aromatic rings. The maximum Gasteiger partial charge on any atom is 0.325 e. The summed E-state index contributed by atoms with van der Waals surface area (Å²) < 4.78 is 0. The van der Waals surface area contributed by atoms with Gasteiger partial charge in [0.05, 0.1) is 11.1 Å². The number of hydrogen-bond acceptors (Lipinski definition) is 5. The Bertz CT molecular complexity index is 1190. The van der Waals surface area contributed by atoms with Crippen LogP contribution < -0.4 is 10.6 Å². The molecule has 2 aromatic carbocycles. The predicted molar refractivity (Wildman–Crippen MR) is 120 cm³/mol. The summed E-state index contributed by atoms with van der Waals surface area (Å²) in [6, 6.07) is 11.2. The van der Waals surface area contributed by atoms with Crippen molar-refractivity contribution in [3.63, 3.8) is 0 Å². The molecule has 2 heterocycles. The van der Waals surface area contributed by atoms with E-state index in [1.807, 2.05) is 24.3 Å². The number of rotatable bonds is 6. The highest BCUT2D eigenvalue weighted by molar-refractivity contribution is 6.21. The van der Waals surface area contributed by atoms with Gasteiger partial charge in [0.1, 0.15) is 12.1 Å². The van der Waals surface area contributed by atoms with Crippen molar-refractivity contribution in [1.82, 2.24) is 15.1 Å². The van der Waals surface area contributed by atoms with E-state index in [4.69, 9.17) is 0 Å². The summed E-state index contributed by atoms with van der Waals surface area (Å²) in [7, 11) is 1.38. The molecule has 0 saturated carbocycles. The molecule has 2 aliphatic rings. The summed E-state index contributed by atoms with van der Waals surface area (Å²) in [6.07, 6.45) is 1.92. The fraction of sp³-hybridized carbons (Fsp3) is 0.292. The first-order valence-corrected chi connectivity index (χ1v) is 10.7. The highest BCUT2D eigenvalue weighted by atomic mass is 16.2. The highest BCUT2D eigenvalue weighted by Gasteiger charge is 2.49. The molecule has 1 unspecified atom stereocenters. The Morgan fingerprint density at radius 3 is 2.33 bits per heavy atom. The van der Waals surface area contributed by atoms with Gasteiger partial charge < -0.3 is 10.6 Å². The summed E-state index contributed by atoms with van der Waals surface area (Å²) in [5.41, 5.74) is 1.24.